The monoisotopic (exact) mass is 236 g/mol. The fraction of sp³-hybridized carbons (Fsp3) is 0.0667. The Kier molecular flexibility index (Phi) is 2.65. The van der Waals surface area contributed by atoms with Crippen LogP contribution in [0.5, 0.6) is 0 Å². The van der Waals surface area contributed by atoms with Gasteiger partial charge < -0.3 is 4.42 Å². The third kappa shape index (κ3) is 1.91. The van der Waals surface area contributed by atoms with Crippen molar-refractivity contribution in [2.24, 2.45) is 0 Å². The predicted octanol–water partition coefficient (Wildman–Crippen LogP) is 3.71. The van der Waals surface area contributed by atoms with Crippen molar-refractivity contribution in [3.8, 4) is 22.6 Å². The van der Waals surface area contributed by atoms with Crippen LogP contribution in [0.4, 0.5) is 0 Å². The molecule has 3 aromatic rings. The maximum atomic E-state index is 5.22. The molecule has 0 spiro atoms. The molecule has 3 heteroatoms. The predicted molar refractivity (Wildman–Crippen MR) is 69.9 cm³/mol. The molecule has 0 amide bonds. The summed E-state index contributed by atoms with van der Waals surface area (Å²) in [6, 6.07) is 16.5. The summed E-state index contributed by atoms with van der Waals surface area (Å²) in [5.74, 6) is 0.562. The summed E-state index contributed by atoms with van der Waals surface area (Å²) in [7, 11) is 0. The van der Waals surface area contributed by atoms with Crippen LogP contribution in [0.2, 0.25) is 0 Å². The Labute approximate surface area is 105 Å². The lowest BCUT2D eigenvalue weighted by molar-refractivity contribution is 0.568. The number of hydrogen-bond donors (Lipinski definition) is 0. The summed E-state index contributed by atoms with van der Waals surface area (Å²) in [5.41, 5.74) is 4.50. The number of aromatic nitrogens is 2. The highest BCUT2D eigenvalue weighted by Crippen LogP contribution is 2.27. The van der Waals surface area contributed by atoms with Crippen molar-refractivity contribution in [1.82, 2.24) is 10.2 Å². The first kappa shape index (κ1) is 10.7. The highest BCUT2D eigenvalue weighted by Gasteiger charge is 2.08. The number of hydrogen-bond acceptors (Lipinski definition) is 3. The molecule has 88 valence electrons. The van der Waals surface area contributed by atoms with E-state index < -0.39 is 0 Å². The number of rotatable bonds is 2. The van der Waals surface area contributed by atoms with Crippen LogP contribution < -0.4 is 0 Å². The van der Waals surface area contributed by atoms with Gasteiger partial charge in [0.2, 0.25) is 12.3 Å². The molecule has 0 saturated carbocycles. The molecule has 0 aliphatic carbocycles. The fourth-order valence-electron chi connectivity index (χ4n) is 2.00. The Hall–Kier alpha value is -2.42. The molecule has 1 aromatic heterocycles. The second-order valence-corrected chi connectivity index (χ2v) is 4.14. The zero-order valence-electron chi connectivity index (χ0n) is 10.00. The Morgan fingerprint density at radius 2 is 1.78 bits per heavy atom. The quantitative estimate of drug-likeness (QED) is 0.680. The first-order valence-electron chi connectivity index (χ1n) is 5.77. The highest BCUT2D eigenvalue weighted by atomic mass is 16.4. The molecular weight excluding hydrogens is 224 g/mol. The molecule has 0 N–H and O–H groups in total. The maximum Gasteiger partial charge on any atom is 0.247 e. The minimum absolute atomic E-state index is 0.562. The lowest BCUT2D eigenvalue weighted by Gasteiger charge is -2.05. The molecule has 0 bridgehead atoms. The van der Waals surface area contributed by atoms with Crippen LogP contribution in [0, 0.1) is 6.92 Å². The summed E-state index contributed by atoms with van der Waals surface area (Å²) >= 11 is 0. The van der Waals surface area contributed by atoms with E-state index in [4.69, 9.17) is 4.42 Å². The number of aryl methyl sites for hydroxylation is 1. The summed E-state index contributed by atoms with van der Waals surface area (Å²) in [5, 5.41) is 7.64. The topological polar surface area (TPSA) is 38.9 Å². The summed E-state index contributed by atoms with van der Waals surface area (Å²) < 4.78 is 5.22. The lowest BCUT2D eigenvalue weighted by Crippen LogP contribution is -1.86. The average molecular weight is 236 g/mol. The lowest BCUT2D eigenvalue weighted by atomic mass is 10.00. The van der Waals surface area contributed by atoms with Crippen molar-refractivity contribution in [2.75, 3.05) is 0 Å². The first-order valence-corrected chi connectivity index (χ1v) is 5.77. The van der Waals surface area contributed by atoms with Crippen LogP contribution in [0.3, 0.4) is 0 Å². The van der Waals surface area contributed by atoms with E-state index in [-0.39, 0.29) is 0 Å². The Morgan fingerprint density at radius 1 is 0.944 bits per heavy atom. The van der Waals surface area contributed by atoms with Crippen molar-refractivity contribution in [3.63, 3.8) is 0 Å². The van der Waals surface area contributed by atoms with Gasteiger partial charge in [-0.15, -0.1) is 10.2 Å². The molecule has 0 unspecified atom stereocenters. The van der Waals surface area contributed by atoms with E-state index >= 15 is 0 Å². The van der Waals surface area contributed by atoms with Crippen LogP contribution >= 0.6 is 0 Å². The number of nitrogens with zero attached hydrogens (tertiary/aromatic N) is 2. The third-order valence-corrected chi connectivity index (χ3v) is 2.92. The molecule has 0 aliphatic heterocycles. The van der Waals surface area contributed by atoms with E-state index in [1.54, 1.807) is 0 Å². The summed E-state index contributed by atoms with van der Waals surface area (Å²) in [4.78, 5) is 0. The van der Waals surface area contributed by atoms with E-state index in [0.29, 0.717) is 5.89 Å². The Bertz CT molecular complexity index is 646. The van der Waals surface area contributed by atoms with Gasteiger partial charge in [0, 0.05) is 5.56 Å². The molecule has 2 aromatic carbocycles. The average Bonchev–Trinajstić information content (AvgIpc) is 2.93. The molecule has 0 saturated heterocycles. The third-order valence-electron chi connectivity index (χ3n) is 2.92. The van der Waals surface area contributed by atoms with Gasteiger partial charge >= 0.3 is 0 Å². The second-order valence-electron chi connectivity index (χ2n) is 4.14. The van der Waals surface area contributed by atoms with Crippen molar-refractivity contribution in [1.29, 1.82) is 0 Å². The smallest absolute Gasteiger partial charge is 0.247 e. The Balaban J connectivity index is 2.05. The standard InChI is InChI=1S/C15H12N2O/c1-11-9-13(12-5-3-2-4-6-12)7-8-14(11)15-17-16-10-18-15/h2-10H,1H3. The largest absolute Gasteiger partial charge is 0.423 e. The zero-order chi connectivity index (χ0) is 12.4. The van der Waals surface area contributed by atoms with E-state index in [0.717, 1.165) is 11.1 Å². The van der Waals surface area contributed by atoms with Gasteiger partial charge in [-0.05, 0) is 29.7 Å². The van der Waals surface area contributed by atoms with Crippen molar-refractivity contribution in [3.05, 3.63) is 60.5 Å². The van der Waals surface area contributed by atoms with Crippen LogP contribution in [0.15, 0.2) is 59.3 Å². The molecule has 0 aliphatic rings. The molecule has 0 atom stereocenters. The van der Waals surface area contributed by atoms with Gasteiger partial charge in [0.15, 0.2) is 0 Å². The molecule has 3 rings (SSSR count). The summed E-state index contributed by atoms with van der Waals surface area (Å²) in [6.45, 7) is 2.05. The second kappa shape index (κ2) is 4.45. The van der Waals surface area contributed by atoms with E-state index in [9.17, 15) is 0 Å². The van der Waals surface area contributed by atoms with Gasteiger partial charge in [-0.25, -0.2) is 0 Å². The van der Waals surface area contributed by atoms with Crippen molar-refractivity contribution >= 4 is 0 Å². The van der Waals surface area contributed by atoms with E-state index in [2.05, 4.69) is 34.5 Å². The van der Waals surface area contributed by atoms with Crippen molar-refractivity contribution in [2.45, 2.75) is 6.92 Å². The van der Waals surface area contributed by atoms with Gasteiger partial charge in [0.1, 0.15) is 0 Å². The minimum Gasteiger partial charge on any atom is -0.423 e. The van der Waals surface area contributed by atoms with Gasteiger partial charge in [-0.2, -0.15) is 0 Å². The van der Waals surface area contributed by atoms with Gasteiger partial charge in [-0.3, -0.25) is 0 Å². The zero-order valence-corrected chi connectivity index (χ0v) is 10.00. The SMILES string of the molecule is Cc1cc(-c2ccccc2)ccc1-c1nnco1. The van der Waals surface area contributed by atoms with Crippen LogP contribution in [0.1, 0.15) is 5.56 Å². The first-order chi connectivity index (χ1) is 8.84. The molecule has 1 heterocycles. The fourth-order valence-corrected chi connectivity index (χ4v) is 2.00. The van der Waals surface area contributed by atoms with Gasteiger partial charge in [0.05, 0.1) is 0 Å². The van der Waals surface area contributed by atoms with E-state index in [1.165, 1.54) is 17.5 Å². The van der Waals surface area contributed by atoms with Crippen molar-refractivity contribution < 1.29 is 4.42 Å². The summed E-state index contributed by atoms with van der Waals surface area (Å²) in [6.07, 6.45) is 1.35. The van der Waals surface area contributed by atoms with E-state index in [1.807, 2.05) is 31.2 Å². The number of benzene rings is 2. The minimum atomic E-state index is 0.562. The molecule has 0 radical (unpaired) electrons. The molecular formula is C15H12N2O. The molecule has 0 fully saturated rings. The van der Waals surface area contributed by atoms with Gasteiger partial charge in [-0.1, -0.05) is 42.5 Å². The highest BCUT2D eigenvalue weighted by molar-refractivity contribution is 5.69. The molecule has 3 nitrogen and oxygen atoms in total. The van der Waals surface area contributed by atoms with Crippen LogP contribution in [0.25, 0.3) is 22.6 Å². The van der Waals surface area contributed by atoms with Gasteiger partial charge in [0.25, 0.3) is 0 Å². The normalized spacial score (nSPS) is 10.5. The Morgan fingerprint density at radius 3 is 2.44 bits per heavy atom. The van der Waals surface area contributed by atoms with Crippen LogP contribution in [-0.2, 0) is 0 Å². The molecule has 18 heavy (non-hydrogen) atoms. The van der Waals surface area contributed by atoms with Crippen LogP contribution in [-0.4, -0.2) is 10.2 Å². The maximum absolute atomic E-state index is 5.22.